The summed E-state index contributed by atoms with van der Waals surface area (Å²) < 4.78 is 13.4. The van der Waals surface area contributed by atoms with Crippen LogP contribution in [-0.2, 0) is 6.42 Å². The van der Waals surface area contributed by atoms with E-state index in [1.165, 1.54) is 18.5 Å². The summed E-state index contributed by atoms with van der Waals surface area (Å²) >= 11 is 5.10. The zero-order valence-electron chi connectivity index (χ0n) is 11.0. The maximum absolute atomic E-state index is 13.4. The Bertz CT molecular complexity index is 683. The average Bonchev–Trinajstić information content (AvgIpc) is 2.50. The quantitative estimate of drug-likeness (QED) is 0.842. The first-order chi connectivity index (χ1) is 10.2. The van der Waals surface area contributed by atoms with Crippen molar-refractivity contribution in [3.63, 3.8) is 0 Å². The molecule has 0 unspecified atom stereocenters. The lowest BCUT2D eigenvalue weighted by Crippen LogP contribution is -2.31. The van der Waals surface area contributed by atoms with Crippen LogP contribution in [0.25, 0.3) is 0 Å². The summed E-state index contributed by atoms with van der Waals surface area (Å²) in [4.78, 5) is 7.85. The molecular formula is C14H12FN5S. The van der Waals surface area contributed by atoms with Crippen molar-refractivity contribution in [2.24, 2.45) is 0 Å². The maximum Gasteiger partial charge on any atom is 0.183 e. The van der Waals surface area contributed by atoms with Crippen molar-refractivity contribution in [3.05, 3.63) is 53.7 Å². The molecule has 7 heteroatoms. The van der Waals surface area contributed by atoms with E-state index in [0.717, 1.165) is 0 Å². The molecule has 2 aromatic rings. The van der Waals surface area contributed by atoms with Gasteiger partial charge in [0.05, 0.1) is 0 Å². The molecule has 0 saturated heterocycles. The molecule has 0 saturated carbocycles. The number of rotatable bonds is 4. The fourth-order valence-corrected chi connectivity index (χ4v) is 1.87. The molecule has 0 aliphatic rings. The summed E-state index contributed by atoms with van der Waals surface area (Å²) in [6, 6.07) is 8.50. The largest absolute Gasteiger partial charge is 0.362 e. The van der Waals surface area contributed by atoms with Crippen molar-refractivity contribution in [2.45, 2.75) is 6.42 Å². The van der Waals surface area contributed by atoms with E-state index >= 15 is 0 Å². The van der Waals surface area contributed by atoms with E-state index in [1.54, 1.807) is 18.2 Å². The van der Waals surface area contributed by atoms with Crippen LogP contribution < -0.4 is 10.6 Å². The van der Waals surface area contributed by atoms with Gasteiger partial charge in [0.15, 0.2) is 16.6 Å². The summed E-state index contributed by atoms with van der Waals surface area (Å²) in [5.74, 6) is 0.0577. The highest BCUT2D eigenvalue weighted by molar-refractivity contribution is 7.80. The minimum atomic E-state index is -0.237. The molecule has 1 aromatic heterocycles. The molecule has 0 radical (unpaired) electrons. The van der Waals surface area contributed by atoms with E-state index in [9.17, 15) is 4.39 Å². The monoisotopic (exact) mass is 301 g/mol. The number of nitriles is 1. The van der Waals surface area contributed by atoms with Crippen molar-refractivity contribution in [3.8, 4) is 6.07 Å². The van der Waals surface area contributed by atoms with Crippen LogP contribution >= 0.6 is 12.2 Å². The fourth-order valence-electron chi connectivity index (χ4n) is 1.67. The lowest BCUT2D eigenvalue weighted by molar-refractivity contribution is 0.607. The van der Waals surface area contributed by atoms with Gasteiger partial charge < -0.3 is 10.6 Å². The molecule has 2 rings (SSSR count). The number of nitrogens with zero attached hydrogens (tertiary/aromatic N) is 3. The van der Waals surface area contributed by atoms with Crippen LogP contribution in [0.1, 0.15) is 11.3 Å². The first-order valence-electron chi connectivity index (χ1n) is 6.20. The maximum atomic E-state index is 13.4. The molecule has 0 atom stereocenters. The predicted octanol–water partition coefficient (Wildman–Crippen LogP) is 2.02. The van der Waals surface area contributed by atoms with E-state index in [0.29, 0.717) is 29.5 Å². The summed E-state index contributed by atoms with van der Waals surface area (Å²) in [7, 11) is 0. The van der Waals surface area contributed by atoms with Gasteiger partial charge in [0.25, 0.3) is 0 Å². The van der Waals surface area contributed by atoms with E-state index in [1.807, 2.05) is 6.07 Å². The standard InChI is InChI=1S/C14H12FN5S/c15-11-4-2-1-3-10(11)5-6-19-14(21)20-13-12(9-16)17-7-8-18-13/h1-4,7-8H,5-6H2,(H2,18,19,20,21). The second-order valence-electron chi connectivity index (χ2n) is 4.09. The number of anilines is 1. The van der Waals surface area contributed by atoms with E-state index in [-0.39, 0.29) is 11.5 Å². The smallest absolute Gasteiger partial charge is 0.183 e. The van der Waals surface area contributed by atoms with Crippen molar-refractivity contribution in [2.75, 3.05) is 11.9 Å². The van der Waals surface area contributed by atoms with Crippen LogP contribution in [0.15, 0.2) is 36.7 Å². The third kappa shape index (κ3) is 4.19. The van der Waals surface area contributed by atoms with Gasteiger partial charge in [0, 0.05) is 18.9 Å². The number of thiocarbonyl (C=S) groups is 1. The van der Waals surface area contributed by atoms with Crippen molar-refractivity contribution in [1.29, 1.82) is 5.26 Å². The van der Waals surface area contributed by atoms with E-state index in [2.05, 4.69) is 20.6 Å². The molecule has 1 heterocycles. The molecule has 5 nitrogen and oxygen atoms in total. The topological polar surface area (TPSA) is 73.6 Å². The molecule has 106 valence electrons. The molecular weight excluding hydrogens is 289 g/mol. The Morgan fingerprint density at radius 1 is 1.29 bits per heavy atom. The Labute approximate surface area is 126 Å². The summed E-state index contributed by atoms with van der Waals surface area (Å²) in [6.45, 7) is 0.467. The van der Waals surface area contributed by atoms with Gasteiger partial charge in [-0.25, -0.2) is 14.4 Å². The van der Waals surface area contributed by atoms with Crippen LogP contribution in [0, 0.1) is 17.1 Å². The molecule has 0 aliphatic heterocycles. The number of benzene rings is 1. The Kier molecular flexibility index (Phi) is 5.12. The van der Waals surface area contributed by atoms with Gasteiger partial charge in [-0.3, -0.25) is 0 Å². The third-order valence-electron chi connectivity index (χ3n) is 2.67. The zero-order chi connectivity index (χ0) is 15.1. The minimum Gasteiger partial charge on any atom is -0.362 e. The van der Waals surface area contributed by atoms with Crippen LogP contribution in [0.5, 0.6) is 0 Å². The normalized spacial score (nSPS) is 9.71. The SMILES string of the molecule is N#Cc1nccnc1NC(=S)NCCc1ccccc1F. The van der Waals surface area contributed by atoms with Gasteiger partial charge in [-0.15, -0.1) is 0 Å². The molecule has 2 N–H and O–H groups in total. The molecule has 0 fully saturated rings. The lowest BCUT2D eigenvalue weighted by Gasteiger charge is -2.10. The highest BCUT2D eigenvalue weighted by Gasteiger charge is 2.06. The van der Waals surface area contributed by atoms with Crippen molar-refractivity contribution < 1.29 is 4.39 Å². The summed E-state index contributed by atoms with van der Waals surface area (Å²) in [6.07, 6.45) is 3.39. The molecule has 1 aromatic carbocycles. The zero-order valence-corrected chi connectivity index (χ0v) is 11.8. The van der Waals surface area contributed by atoms with Crippen molar-refractivity contribution >= 4 is 23.1 Å². The van der Waals surface area contributed by atoms with Gasteiger partial charge >= 0.3 is 0 Å². The summed E-state index contributed by atoms with van der Waals surface area (Å²) in [5, 5.41) is 14.9. The van der Waals surface area contributed by atoms with Crippen LogP contribution in [0.4, 0.5) is 10.2 Å². The Morgan fingerprint density at radius 3 is 2.81 bits per heavy atom. The summed E-state index contributed by atoms with van der Waals surface area (Å²) in [5.41, 5.74) is 0.778. The second kappa shape index (κ2) is 7.26. The predicted molar refractivity (Wildman–Crippen MR) is 81.1 cm³/mol. The molecule has 0 aliphatic carbocycles. The second-order valence-corrected chi connectivity index (χ2v) is 4.50. The Balaban J connectivity index is 1.86. The fraction of sp³-hybridized carbons (Fsp3) is 0.143. The van der Waals surface area contributed by atoms with Gasteiger partial charge in [-0.2, -0.15) is 5.26 Å². The average molecular weight is 301 g/mol. The molecule has 21 heavy (non-hydrogen) atoms. The highest BCUT2D eigenvalue weighted by atomic mass is 32.1. The van der Waals surface area contributed by atoms with Crippen LogP contribution in [0.2, 0.25) is 0 Å². The minimum absolute atomic E-state index is 0.163. The first kappa shape index (κ1) is 14.8. The Hall–Kier alpha value is -2.59. The number of hydrogen-bond donors (Lipinski definition) is 2. The molecule has 0 spiro atoms. The van der Waals surface area contributed by atoms with E-state index < -0.39 is 0 Å². The number of aromatic nitrogens is 2. The van der Waals surface area contributed by atoms with Gasteiger partial charge in [0.1, 0.15) is 11.9 Å². The Morgan fingerprint density at radius 2 is 2.05 bits per heavy atom. The lowest BCUT2D eigenvalue weighted by atomic mass is 10.1. The molecule has 0 amide bonds. The number of nitrogens with one attached hydrogen (secondary N) is 2. The highest BCUT2D eigenvalue weighted by Crippen LogP contribution is 2.07. The van der Waals surface area contributed by atoms with E-state index in [4.69, 9.17) is 17.5 Å². The van der Waals surface area contributed by atoms with Gasteiger partial charge in [-0.1, -0.05) is 18.2 Å². The number of hydrogen-bond acceptors (Lipinski definition) is 4. The van der Waals surface area contributed by atoms with Crippen LogP contribution in [-0.4, -0.2) is 21.6 Å². The number of halogens is 1. The molecule has 0 bridgehead atoms. The van der Waals surface area contributed by atoms with Gasteiger partial charge in [0.2, 0.25) is 0 Å². The van der Waals surface area contributed by atoms with Gasteiger partial charge in [-0.05, 0) is 30.3 Å². The third-order valence-corrected chi connectivity index (χ3v) is 2.92. The van der Waals surface area contributed by atoms with Crippen molar-refractivity contribution in [1.82, 2.24) is 15.3 Å². The first-order valence-corrected chi connectivity index (χ1v) is 6.61. The van der Waals surface area contributed by atoms with Crippen LogP contribution in [0.3, 0.4) is 0 Å².